The lowest BCUT2D eigenvalue weighted by molar-refractivity contribution is -0.134. The summed E-state index contributed by atoms with van der Waals surface area (Å²) in [5.41, 5.74) is 1.37. The van der Waals surface area contributed by atoms with Gasteiger partial charge in [-0.05, 0) is 43.4 Å². The Labute approximate surface area is 192 Å². The third-order valence-electron chi connectivity index (χ3n) is 5.08. The van der Waals surface area contributed by atoms with Gasteiger partial charge in [0.25, 0.3) is 0 Å². The molecular weight excluding hydrogens is 426 g/mol. The summed E-state index contributed by atoms with van der Waals surface area (Å²) in [4.78, 5) is 18.9. The van der Waals surface area contributed by atoms with Gasteiger partial charge < -0.3 is 14.2 Å². The molecule has 2 aromatic rings. The minimum Gasteiger partial charge on any atom is -0.497 e. The largest absolute Gasteiger partial charge is 0.497 e. The smallest absolute Gasteiger partial charge is 0.228 e. The summed E-state index contributed by atoms with van der Waals surface area (Å²) in [6, 6.07) is 7.04. The van der Waals surface area contributed by atoms with E-state index in [1.54, 1.807) is 47.0 Å². The molecule has 1 aromatic heterocycles. The molecule has 2 rings (SSSR count). The number of nitrogens with zero attached hydrogens (tertiary/aromatic N) is 3. The average molecular weight is 464 g/mol. The van der Waals surface area contributed by atoms with Crippen LogP contribution in [0.15, 0.2) is 35.6 Å². The van der Waals surface area contributed by atoms with Crippen LogP contribution >= 0.6 is 0 Å². The van der Waals surface area contributed by atoms with Crippen molar-refractivity contribution in [3.8, 4) is 5.75 Å². The maximum absolute atomic E-state index is 13.3. The van der Waals surface area contributed by atoms with Gasteiger partial charge in [-0.1, -0.05) is 39.8 Å². The van der Waals surface area contributed by atoms with Crippen LogP contribution in [-0.2, 0) is 33.5 Å². The minimum absolute atomic E-state index is 0.000454. The Bertz CT molecular complexity index is 1010. The molecule has 0 atom stereocenters. The van der Waals surface area contributed by atoms with Gasteiger partial charge in [-0.2, -0.15) is 0 Å². The Morgan fingerprint density at radius 2 is 1.81 bits per heavy atom. The molecule has 7 nitrogen and oxygen atoms in total. The lowest BCUT2D eigenvalue weighted by atomic mass is 10.1. The maximum atomic E-state index is 13.3. The van der Waals surface area contributed by atoms with E-state index in [9.17, 15) is 13.2 Å². The van der Waals surface area contributed by atoms with E-state index < -0.39 is 9.84 Å². The van der Waals surface area contributed by atoms with Gasteiger partial charge in [0.15, 0.2) is 0 Å². The normalized spacial score (nSPS) is 12.1. The van der Waals surface area contributed by atoms with Gasteiger partial charge in [0.1, 0.15) is 5.75 Å². The molecule has 0 saturated heterocycles. The summed E-state index contributed by atoms with van der Waals surface area (Å²) in [6.07, 6.45) is 2.05. The second kappa shape index (κ2) is 11.0. The standard InChI is InChI=1S/C24H37N3O4S/c1-17(2)11-23(28)26(19(5)6)15-21-13-25-24(27(21)14-18(3)4)32(29,30)16-20-9-8-10-22(12-20)31-7/h8-10,12-13,17-19H,11,14-16H2,1-7H3. The number of amides is 1. The zero-order valence-corrected chi connectivity index (χ0v) is 21.1. The van der Waals surface area contributed by atoms with E-state index in [4.69, 9.17) is 4.74 Å². The fourth-order valence-corrected chi connectivity index (χ4v) is 5.06. The van der Waals surface area contributed by atoms with E-state index in [1.807, 2.05) is 41.5 Å². The molecule has 0 unspecified atom stereocenters. The van der Waals surface area contributed by atoms with E-state index >= 15 is 0 Å². The first-order chi connectivity index (χ1) is 14.9. The van der Waals surface area contributed by atoms with Crippen molar-refractivity contribution in [1.29, 1.82) is 0 Å². The lowest BCUT2D eigenvalue weighted by Crippen LogP contribution is -2.37. The molecule has 32 heavy (non-hydrogen) atoms. The number of hydrogen-bond acceptors (Lipinski definition) is 5. The van der Waals surface area contributed by atoms with Gasteiger partial charge in [0, 0.05) is 19.0 Å². The van der Waals surface area contributed by atoms with Crippen molar-refractivity contribution in [2.75, 3.05) is 7.11 Å². The number of carbonyl (C=O) groups is 1. The van der Waals surface area contributed by atoms with Crippen LogP contribution in [0.3, 0.4) is 0 Å². The Morgan fingerprint density at radius 1 is 1.12 bits per heavy atom. The molecule has 0 spiro atoms. The number of methoxy groups -OCH3 is 1. The Kier molecular flexibility index (Phi) is 8.89. The van der Waals surface area contributed by atoms with Gasteiger partial charge in [-0.25, -0.2) is 13.4 Å². The molecule has 178 valence electrons. The van der Waals surface area contributed by atoms with E-state index in [0.717, 1.165) is 5.69 Å². The van der Waals surface area contributed by atoms with Gasteiger partial charge in [-0.3, -0.25) is 4.79 Å². The SMILES string of the molecule is COc1cccc(CS(=O)(=O)c2ncc(CN(C(=O)CC(C)C)C(C)C)n2CC(C)C)c1. The molecule has 0 aliphatic carbocycles. The van der Waals surface area contributed by atoms with E-state index in [2.05, 4.69) is 4.98 Å². The number of rotatable bonds is 11. The highest BCUT2D eigenvalue weighted by molar-refractivity contribution is 7.90. The average Bonchev–Trinajstić information content (AvgIpc) is 3.07. The molecule has 0 fully saturated rings. The highest BCUT2D eigenvalue weighted by Crippen LogP contribution is 2.23. The van der Waals surface area contributed by atoms with Crippen molar-refractivity contribution in [3.05, 3.63) is 41.7 Å². The van der Waals surface area contributed by atoms with Crippen molar-refractivity contribution in [3.63, 3.8) is 0 Å². The van der Waals surface area contributed by atoms with Crippen LogP contribution in [0.1, 0.15) is 59.2 Å². The minimum atomic E-state index is -3.70. The van der Waals surface area contributed by atoms with Gasteiger partial charge >= 0.3 is 0 Å². The van der Waals surface area contributed by atoms with Crippen molar-refractivity contribution in [1.82, 2.24) is 14.5 Å². The number of sulfone groups is 1. The summed E-state index contributed by atoms with van der Waals surface area (Å²) in [7, 11) is -2.14. The number of carbonyl (C=O) groups excluding carboxylic acids is 1. The molecule has 0 aliphatic heterocycles. The first kappa shape index (κ1) is 25.9. The van der Waals surface area contributed by atoms with Crippen molar-refractivity contribution in [2.45, 2.75) is 78.0 Å². The Balaban J connectivity index is 2.41. The zero-order valence-electron chi connectivity index (χ0n) is 20.3. The van der Waals surface area contributed by atoms with E-state index in [1.165, 1.54) is 0 Å². The van der Waals surface area contributed by atoms with Crippen molar-refractivity contribution in [2.24, 2.45) is 11.8 Å². The number of hydrogen-bond donors (Lipinski definition) is 0. The second-order valence-electron chi connectivity index (χ2n) is 9.36. The van der Waals surface area contributed by atoms with Crippen LogP contribution in [0.2, 0.25) is 0 Å². The van der Waals surface area contributed by atoms with Crippen LogP contribution in [0.5, 0.6) is 5.75 Å². The van der Waals surface area contributed by atoms with E-state index in [-0.39, 0.29) is 34.7 Å². The van der Waals surface area contributed by atoms with Crippen LogP contribution in [-0.4, -0.2) is 41.9 Å². The van der Waals surface area contributed by atoms with Gasteiger partial charge in [0.2, 0.25) is 20.9 Å². The highest BCUT2D eigenvalue weighted by atomic mass is 32.2. The molecular formula is C24H37N3O4S. The Hall–Kier alpha value is -2.35. The van der Waals surface area contributed by atoms with Crippen LogP contribution in [0.25, 0.3) is 0 Å². The third kappa shape index (κ3) is 6.82. The summed E-state index contributed by atoms with van der Waals surface area (Å²) >= 11 is 0. The predicted molar refractivity (Wildman–Crippen MR) is 126 cm³/mol. The number of benzene rings is 1. The molecule has 0 saturated carbocycles. The molecule has 1 aromatic carbocycles. The maximum Gasteiger partial charge on any atom is 0.228 e. The molecule has 0 bridgehead atoms. The fraction of sp³-hybridized carbons (Fsp3) is 0.583. The van der Waals surface area contributed by atoms with Crippen LogP contribution in [0, 0.1) is 11.8 Å². The summed E-state index contributed by atoms with van der Waals surface area (Å²) < 4.78 is 33.6. The van der Waals surface area contributed by atoms with Gasteiger partial charge in [-0.15, -0.1) is 0 Å². The lowest BCUT2D eigenvalue weighted by Gasteiger charge is -2.28. The molecule has 1 heterocycles. The number of aromatic nitrogens is 2. The van der Waals surface area contributed by atoms with Gasteiger partial charge in [0.05, 0.1) is 31.3 Å². The van der Waals surface area contributed by atoms with Crippen LogP contribution < -0.4 is 4.74 Å². The van der Waals surface area contributed by atoms with E-state index in [0.29, 0.717) is 30.8 Å². The Morgan fingerprint density at radius 3 is 2.38 bits per heavy atom. The molecule has 8 heteroatoms. The molecule has 0 radical (unpaired) electrons. The van der Waals surface area contributed by atoms with Crippen LogP contribution in [0.4, 0.5) is 0 Å². The number of imidazole rings is 1. The zero-order chi connectivity index (χ0) is 24.1. The van der Waals surface area contributed by atoms with Crippen molar-refractivity contribution < 1.29 is 17.9 Å². The topological polar surface area (TPSA) is 81.5 Å². The predicted octanol–water partition coefficient (Wildman–Crippen LogP) is 4.30. The second-order valence-corrected chi connectivity index (χ2v) is 11.2. The quantitative estimate of drug-likeness (QED) is 0.496. The summed E-state index contributed by atoms with van der Waals surface area (Å²) in [5.74, 6) is 0.975. The summed E-state index contributed by atoms with van der Waals surface area (Å²) in [5, 5.41) is 0.0454. The number of ether oxygens (including phenoxy) is 1. The van der Waals surface area contributed by atoms with Crippen molar-refractivity contribution >= 4 is 15.7 Å². The molecule has 1 amide bonds. The summed E-state index contributed by atoms with van der Waals surface area (Å²) in [6.45, 7) is 12.9. The highest BCUT2D eigenvalue weighted by Gasteiger charge is 2.27. The molecule has 0 aliphatic rings. The molecule has 0 N–H and O–H groups in total. The third-order valence-corrected chi connectivity index (χ3v) is 6.67. The first-order valence-electron chi connectivity index (χ1n) is 11.1. The monoisotopic (exact) mass is 463 g/mol. The fourth-order valence-electron chi connectivity index (χ4n) is 3.57. The first-order valence-corrected chi connectivity index (χ1v) is 12.8.